The van der Waals surface area contributed by atoms with Gasteiger partial charge < -0.3 is 5.32 Å². The Bertz CT molecular complexity index is 1230. The Morgan fingerprint density at radius 1 is 1.20 bits per heavy atom. The van der Waals surface area contributed by atoms with Gasteiger partial charge in [-0.1, -0.05) is 35.9 Å². The molecule has 0 unspecified atom stereocenters. The minimum absolute atomic E-state index is 0.131. The Morgan fingerprint density at radius 2 is 1.90 bits per heavy atom. The van der Waals surface area contributed by atoms with E-state index in [0.717, 1.165) is 14.8 Å². The van der Waals surface area contributed by atoms with Crippen LogP contribution in [0.3, 0.4) is 0 Å². The molecule has 9 heteroatoms. The van der Waals surface area contributed by atoms with Crippen LogP contribution in [0.1, 0.15) is 35.5 Å². The predicted molar refractivity (Wildman–Crippen MR) is 112 cm³/mol. The third kappa shape index (κ3) is 4.33. The number of nitrogens with zero attached hydrogens (tertiary/aromatic N) is 3. The molecule has 3 aromatic rings. The molecule has 3 rings (SSSR count). The zero-order valence-electron chi connectivity index (χ0n) is 16.6. The van der Waals surface area contributed by atoms with E-state index in [2.05, 4.69) is 10.4 Å². The highest BCUT2D eigenvalue weighted by Crippen LogP contribution is 2.18. The summed E-state index contributed by atoms with van der Waals surface area (Å²) < 4.78 is 15.9. The fourth-order valence-electron chi connectivity index (χ4n) is 2.81. The van der Waals surface area contributed by atoms with Crippen molar-refractivity contribution < 1.29 is 9.18 Å². The fraction of sp³-hybridized carbons (Fsp3) is 0.238. The van der Waals surface area contributed by atoms with Crippen LogP contribution in [0.15, 0.2) is 52.1 Å². The molecule has 0 atom stereocenters. The van der Waals surface area contributed by atoms with E-state index in [0.29, 0.717) is 5.02 Å². The number of hydrogen-bond donors (Lipinski definition) is 1. The summed E-state index contributed by atoms with van der Waals surface area (Å²) in [6.45, 7) is 4.90. The van der Waals surface area contributed by atoms with Crippen molar-refractivity contribution in [3.8, 4) is 5.69 Å². The molecule has 1 heterocycles. The number of carbonyl (C=O) groups is 1. The van der Waals surface area contributed by atoms with Crippen LogP contribution in [-0.2, 0) is 6.54 Å². The van der Waals surface area contributed by atoms with Crippen molar-refractivity contribution in [3.63, 3.8) is 0 Å². The van der Waals surface area contributed by atoms with Gasteiger partial charge in [0, 0.05) is 16.6 Å². The van der Waals surface area contributed by atoms with Crippen molar-refractivity contribution in [2.45, 2.75) is 33.4 Å². The normalized spacial score (nSPS) is 11.0. The Labute approximate surface area is 176 Å². The lowest BCUT2D eigenvalue weighted by Gasteiger charge is -2.14. The van der Waals surface area contributed by atoms with Gasteiger partial charge in [0.2, 0.25) is 5.69 Å². The molecule has 30 heavy (non-hydrogen) atoms. The molecular weight excluding hydrogens is 411 g/mol. The molecule has 0 spiro atoms. The molecule has 0 saturated carbocycles. The van der Waals surface area contributed by atoms with Gasteiger partial charge in [0.05, 0.1) is 12.2 Å². The second kappa shape index (κ2) is 8.62. The molecule has 1 amide bonds. The summed E-state index contributed by atoms with van der Waals surface area (Å²) >= 11 is 6.17. The van der Waals surface area contributed by atoms with E-state index in [-0.39, 0.29) is 23.8 Å². The summed E-state index contributed by atoms with van der Waals surface area (Å²) in [5, 5.41) is 6.98. The quantitative estimate of drug-likeness (QED) is 0.674. The van der Waals surface area contributed by atoms with E-state index in [4.69, 9.17) is 11.6 Å². The third-order valence-electron chi connectivity index (χ3n) is 4.38. The van der Waals surface area contributed by atoms with Crippen LogP contribution in [0.5, 0.6) is 0 Å². The van der Waals surface area contributed by atoms with Crippen LogP contribution >= 0.6 is 11.6 Å². The first kappa shape index (κ1) is 21.4. The second-order valence-corrected chi connectivity index (χ2v) is 7.49. The van der Waals surface area contributed by atoms with Gasteiger partial charge in [-0.25, -0.2) is 9.18 Å². The average molecular weight is 431 g/mol. The smallest absolute Gasteiger partial charge is 0.348 e. The van der Waals surface area contributed by atoms with Gasteiger partial charge in [0.15, 0.2) is 0 Å². The molecule has 0 radical (unpaired) electrons. The van der Waals surface area contributed by atoms with E-state index in [1.165, 1.54) is 24.3 Å². The van der Waals surface area contributed by atoms with E-state index in [9.17, 15) is 18.8 Å². The molecule has 0 aliphatic heterocycles. The monoisotopic (exact) mass is 430 g/mol. The first-order valence-corrected chi connectivity index (χ1v) is 9.61. The Hall–Kier alpha value is -3.26. The summed E-state index contributed by atoms with van der Waals surface area (Å²) in [5.41, 5.74) is -1.01. The predicted octanol–water partition coefficient (Wildman–Crippen LogP) is 2.68. The van der Waals surface area contributed by atoms with Crippen LogP contribution in [0.25, 0.3) is 5.69 Å². The molecule has 0 aliphatic carbocycles. The highest BCUT2D eigenvalue weighted by atomic mass is 35.5. The molecule has 0 saturated heterocycles. The topological polar surface area (TPSA) is 86.0 Å². The van der Waals surface area contributed by atoms with Crippen molar-refractivity contribution in [3.05, 3.63) is 91.0 Å². The van der Waals surface area contributed by atoms with Crippen LogP contribution in [0.2, 0.25) is 5.02 Å². The number of benzene rings is 2. The van der Waals surface area contributed by atoms with E-state index in [1.807, 2.05) is 0 Å². The molecule has 2 aromatic carbocycles. The van der Waals surface area contributed by atoms with Gasteiger partial charge in [-0.15, -0.1) is 0 Å². The summed E-state index contributed by atoms with van der Waals surface area (Å²) in [7, 11) is 0. The van der Waals surface area contributed by atoms with Crippen LogP contribution in [0, 0.1) is 12.7 Å². The SMILES string of the molecule is Cc1ccc(-n2nc(C(=O)NC(C)C)c(=O)n(Cc3ccccc3F)c2=O)cc1Cl. The molecule has 1 N–H and O–H groups in total. The van der Waals surface area contributed by atoms with Gasteiger partial charge in [-0.3, -0.25) is 14.2 Å². The highest BCUT2D eigenvalue weighted by molar-refractivity contribution is 6.31. The van der Waals surface area contributed by atoms with Gasteiger partial charge in [-0.2, -0.15) is 9.78 Å². The number of aryl methyl sites for hydroxylation is 1. The zero-order chi connectivity index (χ0) is 22.0. The highest BCUT2D eigenvalue weighted by Gasteiger charge is 2.21. The van der Waals surface area contributed by atoms with Crippen LogP contribution in [0.4, 0.5) is 4.39 Å². The first-order chi connectivity index (χ1) is 14.2. The number of halogens is 2. The Balaban J connectivity index is 2.25. The maximum Gasteiger partial charge on any atom is 0.352 e. The minimum atomic E-state index is -0.907. The van der Waals surface area contributed by atoms with E-state index in [1.54, 1.807) is 39.0 Å². The standard InChI is InChI=1S/C21H20ClFN4O3/c1-12(2)24-19(28)18-20(29)26(11-14-6-4-5-7-17(14)23)21(30)27(25-18)15-9-8-13(3)16(22)10-15/h4-10,12H,11H2,1-3H3,(H,24,28). The van der Waals surface area contributed by atoms with Crippen molar-refractivity contribution >= 4 is 17.5 Å². The number of aromatic nitrogens is 3. The molecular formula is C21H20ClFN4O3. The largest absolute Gasteiger partial charge is 0.352 e. The lowest BCUT2D eigenvalue weighted by atomic mass is 10.2. The molecule has 0 aliphatic rings. The van der Waals surface area contributed by atoms with E-state index >= 15 is 0 Å². The number of carbonyl (C=O) groups excluding carboxylic acids is 1. The lowest BCUT2D eigenvalue weighted by molar-refractivity contribution is 0.0933. The average Bonchev–Trinajstić information content (AvgIpc) is 2.68. The summed E-state index contributed by atoms with van der Waals surface area (Å²) in [4.78, 5) is 38.5. The number of rotatable bonds is 5. The Kier molecular flexibility index (Phi) is 6.17. The second-order valence-electron chi connectivity index (χ2n) is 7.09. The summed E-state index contributed by atoms with van der Waals surface area (Å²) in [6, 6.07) is 10.3. The van der Waals surface area contributed by atoms with Crippen molar-refractivity contribution in [1.29, 1.82) is 0 Å². The van der Waals surface area contributed by atoms with Crippen LogP contribution in [-0.4, -0.2) is 26.3 Å². The zero-order valence-corrected chi connectivity index (χ0v) is 17.4. The van der Waals surface area contributed by atoms with Gasteiger partial charge in [0.25, 0.3) is 11.5 Å². The van der Waals surface area contributed by atoms with Gasteiger partial charge in [0.1, 0.15) is 5.82 Å². The first-order valence-electron chi connectivity index (χ1n) is 9.24. The van der Waals surface area contributed by atoms with Crippen LogP contribution < -0.4 is 16.6 Å². The van der Waals surface area contributed by atoms with E-state index < -0.39 is 28.7 Å². The van der Waals surface area contributed by atoms with Gasteiger partial charge in [-0.05, 0) is 44.5 Å². The summed E-state index contributed by atoms with van der Waals surface area (Å²) in [5.74, 6) is -1.30. The molecule has 7 nitrogen and oxygen atoms in total. The molecule has 156 valence electrons. The number of nitrogens with one attached hydrogen (secondary N) is 1. The lowest BCUT2D eigenvalue weighted by Crippen LogP contribution is -2.46. The molecule has 0 fully saturated rings. The van der Waals surface area contributed by atoms with Crippen molar-refractivity contribution in [2.75, 3.05) is 0 Å². The maximum absolute atomic E-state index is 14.2. The fourth-order valence-corrected chi connectivity index (χ4v) is 2.98. The third-order valence-corrected chi connectivity index (χ3v) is 4.79. The number of hydrogen-bond acceptors (Lipinski definition) is 4. The maximum atomic E-state index is 14.2. The minimum Gasteiger partial charge on any atom is -0.348 e. The number of amides is 1. The summed E-state index contributed by atoms with van der Waals surface area (Å²) in [6.07, 6.45) is 0. The Morgan fingerprint density at radius 3 is 2.53 bits per heavy atom. The van der Waals surface area contributed by atoms with Crippen molar-refractivity contribution in [1.82, 2.24) is 19.7 Å². The molecule has 0 bridgehead atoms. The van der Waals surface area contributed by atoms with Crippen molar-refractivity contribution in [2.24, 2.45) is 0 Å². The van der Waals surface area contributed by atoms with Gasteiger partial charge >= 0.3 is 5.69 Å². The molecule has 1 aromatic heterocycles.